The first-order valence-corrected chi connectivity index (χ1v) is 9.98. The monoisotopic (exact) mass is 517 g/mol. The van der Waals surface area contributed by atoms with Gasteiger partial charge >= 0.3 is 6.09 Å². The molecule has 0 unspecified atom stereocenters. The Labute approximate surface area is 192 Å². The number of anilines is 1. The van der Waals surface area contributed by atoms with Crippen LogP contribution in [0, 0.1) is 13.8 Å². The predicted octanol–water partition coefficient (Wildman–Crippen LogP) is 3.59. The summed E-state index contributed by atoms with van der Waals surface area (Å²) < 4.78 is 5.43. The van der Waals surface area contributed by atoms with Crippen molar-refractivity contribution in [2.45, 2.75) is 46.6 Å². The van der Waals surface area contributed by atoms with Gasteiger partial charge in [-0.15, -0.1) is 24.0 Å². The van der Waals surface area contributed by atoms with Crippen LogP contribution in [0.2, 0.25) is 0 Å². The van der Waals surface area contributed by atoms with E-state index < -0.39 is 5.60 Å². The zero-order chi connectivity index (χ0) is 20.7. The van der Waals surface area contributed by atoms with Crippen molar-refractivity contribution in [1.29, 1.82) is 0 Å². The molecule has 1 aromatic carbocycles. The number of aryl methyl sites for hydroxylation is 2. The van der Waals surface area contributed by atoms with E-state index in [-0.39, 0.29) is 30.1 Å². The minimum absolute atomic E-state index is 0. The second-order valence-corrected chi connectivity index (χ2v) is 8.35. The normalized spacial score (nSPS) is 15.6. The maximum atomic E-state index is 12.1. The molecule has 1 saturated heterocycles. The third kappa shape index (κ3) is 9.20. The molecule has 0 aliphatic carbocycles. The number of carbonyl (C=O) groups is 1. The first kappa shape index (κ1) is 25.5. The minimum atomic E-state index is -0.447. The summed E-state index contributed by atoms with van der Waals surface area (Å²) in [6, 6.07) is 6.15. The number of hydrogen-bond acceptors (Lipinski definition) is 4. The van der Waals surface area contributed by atoms with Gasteiger partial charge in [-0.1, -0.05) is 6.07 Å². The fourth-order valence-electron chi connectivity index (χ4n) is 2.98. The highest BCUT2D eigenvalue weighted by molar-refractivity contribution is 14.0. The molecule has 1 aliphatic rings. The van der Waals surface area contributed by atoms with Crippen molar-refractivity contribution in [1.82, 2.24) is 9.80 Å². The Morgan fingerprint density at radius 1 is 1.17 bits per heavy atom. The molecule has 2 rings (SSSR count). The lowest BCUT2D eigenvalue weighted by Gasteiger charge is -2.35. The summed E-state index contributed by atoms with van der Waals surface area (Å²) in [5.74, 6) is 0.443. The van der Waals surface area contributed by atoms with Crippen LogP contribution < -0.4 is 11.1 Å². The van der Waals surface area contributed by atoms with Gasteiger partial charge in [-0.05, 0) is 64.3 Å². The van der Waals surface area contributed by atoms with Crippen LogP contribution in [-0.4, -0.2) is 66.7 Å². The van der Waals surface area contributed by atoms with Crippen molar-refractivity contribution in [3.63, 3.8) is 0 Å². The maximum Gasteiger partial charge on any atom is 0.410 e. The smallest absolute Gasteiger partial charge is 0.410 e. The Bertz CT molecular complexity index is 695. The van der Waals surface area contributed by atoms with Gasteiger partial charge < -0.3 is 20.7 Å². The molecule has 1 heterocycles. The Morgan fingerprint density at radius 2 is 1.83 bits per heavy atom. The Kier molecular flexibility index (Phi) is 10.2. The minimum Gasteiger partial charge on any atom is -0.444 e. The zero-order valence-electron chi connectivity index (χ0n) is 18.3. The number of guanidine groups is 1. The third-order valence-corrected chi connectivity index (χ3v) is 4.72. The van der Waals surface area contributed by atoms with Crippen LogP contribution in [0.4, 0.5) is 10.5 Å². The van der Waals surface area contributed by atoms with Crippen molar-refractivity contribution in [2.24, 2.45) is 10.7 Å². The molecule has 1 fully saturated rings. The summed E-state index contributed by atoms with van der Waals surface area (Å²) in [5.41, 5.74) is 8.98. The fourth-order valence-corrected chi connectivity index (χ4v) is 2.98. The van der Waals surface area contributed by atoms with E-state index in [4.69, 9.17) is 10.5 Å². The van der Waals surface area contributed by atoms with E-state index in [1.807, 2.05) is 26.8 Å². The fraction of sp³-hybridized carbons (Fsp3) is 0.619. The molecule has 0 radical (unpaired) electrons. The number of carbonyl (C=O) groups excluding carboxylic acids is 1. The second-order valence-electron chi connectivity index (χ2n) is 8.35. The quantitative estimate of drug-likeness (QED) is 0.270. The predicted molar refractivity (Wildman–Crippen MR) is 130 cm³/mol. The lowest BCUT2D eigenvalue weighted by molar-refractivity contribution is 0.0145. The molecule has 0 bridgehead atoms. The van der Waals surface area contributed by atoms with Crippen molar-refractivity contribution >= 4 is 41.7 Å². The molecule has 0 saturated carbocycles. The van der Waals surface area contributed by atoms with Gasteiger partial charge in [0.1, 0.15) is 5.60 Å². The molecule has 1 aromatic rings. The lowest BCUT2D eigenvalue weighted by Crippen LogP contribution is -2.50. The van der Waals surface area contributed by atoms with E-state index in [0.29, 0.717) is 25.6 Å². The number of hydrogen-bond donors (Lipinski definition) is 2. The van der Waals surface area contributed by atoms with Crippen LogP contribution in [0.25, 0.3) is 0 Å². The van der Waals surface area contributed by atoms with Gasteiger partial charge in [-0.3, -0.25) is 9.89 Å². The Balaban J connectivity index is 0.00000420. The van der Waals surface area contributed by atoms with Crippen LogP contribution in [0.5, 0.6) is 0 Å². The number of nitrogens with zero attached hydrogens (tertiary/aromatic N) is 3. The van der Waals surface area contributed by atoms with E-state index in [1.54, 1.807) is 4.90 Å². The van der Waals surface area contributed by atoms with Crippen molar-refractivity contribution in [2.75, 3.05) is 44.6 Å². The molecule has 8 heteroatoms. The summed E-state index contributed by atoms with van der Waals surface area (Å²) in [6.45, 7) is 14.6. The van der Waals surface area contributed by atoms with Crippen molar-refractivity contribution in [3.8, 4) is 0 Å². The highest BCUT2D eigenvalue weighted by atomic mass is 127. The van der Waals surface area contributed by atoms with Gasteiger partial charge in [0.25, 0.3) is 0 Å². The molecule has 0 spiro atoms. The van der Waals surface area contributed by atoms with Crippen LogP contribution in [0.3, 0.4) is 0 Å². The van der Waals surface area contributed by atoms with Gasteiger partial charge in [-0.25, -0.2) is 4.79 Å². The molecular formula is C21H36IN5O2. The first-order chi connectivity index (χ1) is 13.1. The summed E-state index contributed by atoms with van der Waals surface area (Å²) in [6.07, 6.45) is 0.712. The second kappa shape index (κ2) is 11.6. The standard InChI is InChI=1S/C21H35N5O2.HI/c1-16-7-8-18(15-17(16)2)24-19(22)23-9-6-10-25-11-13-26(14-12-25)20(27)28-21(3,4)5;/h7-8,15H,6,9-14H2,1-5H3,(H3,22,23,24);1H. The first-order valence-electron chi connectivity index (χ1n) is 9.98. The number of ether oxygens (including phenoxy) is 1. The molecule has 1 aliphatic heterocycles. The van der Waals surface area contributed by atoms with Crippen LogP contribution >= 0.6 is 24.0 Å². The molecular weight excluding hydrogens is 481 g/mol. The van der Waals surface area contributed by atoms with Crippen LogP contribution in [0.15, 0.2) is 23.2 Å². The summed E-state index contributed by atoms with van der Waals surface area (Å²) >= 11 is 0. The highest BCUT2D eigenvalue weighted by Crippen LogP contribution is 2.14. The Hall–Kier alpha value is -1.55. The summed E-state index contributed by atoms with van der Waals surface area (Å²) in [5, 5.41) is 3.14. The average Bonchev–Trinajstić information content (AvgIpc) is 2.61. The van der Waals surface area contributed by atoms with Gasteiger partial charge in [0.05, 0.1) is 0 Å². The third-order valence-electron chi connectivity index (χ3n) is 4.72. The lowest BCUT2D eigenvalue weighted by atomic mass is 10.1. The molecule has 1 amide bonds. The van der Waals surface area contributed by atoms with E-state index in [0.717, 1.165) is 31.7 Å². The largest absolute Gasteiger partial charge is 0.444 e. The van der Waals surface area contributed by atoms with Crippen molar-refractivity contribution in [3.05, 3.63) is 29.3 Å². The molecule has 0 atom stereocenters. The van der Waals surface area contributed by atoms with Gasteiger partial charge in [-0.2, -0.15) is 0 Å². The van der Waals surface area contributed by atoms with E-state index in [9.17, 15) is 4.79 Å². The number of benzene rings is 1. The van der Waals surface area contributed by atoms with Crippen LogP contribution in [0.1, 0.15) is 38.3 Å². The van der Waals surface area contributed by atoms with Gasteiger partial charge in [0, 0.05) is 45.0 Å². The molecule has 164 valence electrons. The van der Waals surface area contributed by atoms with E-state index >= 15 is 0 Å². The summed E-state index contributed by atoms with van der Waals surface area (Å²) in [4.78, 5) is 20.6. The number of halogens is 1. The SMILES string of the molecule is Cc1ccc(NC(N)=NCCCN2CCN(C(=O)OC(C)(C)C)CC2)cc1C.I. The molecule has 29 heavy (non-hydrogen) atoms. The molecule has 0 aromatic heterocycles. The van der Waals surface area contributed by atoms with Crippen molar-refractivity contribution < 1.29 is 9.53 Å². The average molecular weight is 517 g/mol. The number of nitrogens with one attached hydrogen (secondary N) is 1. The number of rotatable bonds is 5. The number of aliphatic imine (C=N–C) groups is 1. The summed E-state index contributed by atoms with van der Waals surface area (Å²) in [7, 11) is 0. The molecule has 3 N–H and O–H groups in total. The zero-order valence-corrected chi connectivity index (χ0v) is 20.7. The Morgan fingerprint density at radius 3 is 2.41 bits per heavy atom. The molecule has 7 nitrogen and oxygen atoms in total. The topological polar surface area (TPSA) is 83.2 Å². The van der Waals surface area contributed by atoms with E-state index in [2.05, 4.69) is 41.2 Å². The highest BCUT2D eigenvalue weighted by Gasteiger charge is 2.25. The van der Waals surface area contributed by atoms with Gasteiger partial charge in [0.2, 0.25) is 0 Å². The maximum absolute atomic E-state index is 12.1. The number of nitrogens with two attached hydrogens (primary N) is 1. The number of piperazine rings is 1. The van der Waals surface area contributed by atoms with Gasteiger partial charge in [0.15, 0.2) is 5.96 Å². The van der Waals surface area contributed by atoms with E-state index in [1.165, 1.54) is 11.1 Å². The number of amides is 1. The van der Waals surface area contributed by atoms with Crippen LogP contribution in [-0.2, 0) is 4.74 Å².